The number of halogens is 2. The van der Waals surface area contributed by atoms with Gasteiger partial charge in [-0.2, -0.15) is 5.11 Å². The fourth-order valence-electron chi connectivity index (χ4n) is 5.37. The van der Waals surface area contributed by atoms with E-state index in [1.165, 1.54) is 12.1 Å². The number of anilines is 1. The van der Waals surface area contributed by atoms with Crippen molar-refractivity contribution in [3.05, 3.63) is 125 Å². The fraction of sp³-hybridized carbons (Fsp3) is 0.188. The van der Waals surface area contributed by atoms with Gasteiger partial charge in [0.1, 0.15) is 24.2 Å². The van der Waals surface area contributed by atoms with Crippen LogP contribution in [-0.4, -0.2) is 29.6 Å². The number of hydrogen-bond acceptors (Lipinski definition) is 5. The van der Waals surface area contributed by atoms with Gasteiger partial charge in [-0.1, -0.05) is 78.9 Å². The van der Waals surface area contributed by atoms with Crippen molar-refractivity contribution in [2.24, 2.45) is 15.4 Å². The zero-order valence-corrected chi connectivity index (χ0v) is 21.7. The summed E-state index contributed by atoms with van der Waals surface area (Å²) < 4.78 is 29.4. The highest BCUT2D eigenvalue weighted by Crippen LogP contribution is 2.37. The molecule has 0 saturated carbocycles. The number of hydrogen-bond donors (Lipinski definition) is 1. The first-order valence-corrected chi connectivity index (χ1v) is 13.3. The molecule has 0 aliphatic carbocycles. The molecule has 6 nitrogen and oxygen atoms in total. The zero-order chi connectivity index (χ0) is 27.5. The largest absolute Gasteiger partial charge is 0.368 e. The van der Waals surface area contributed by atoms with Crippen LogP contribution in [0.5, 0.6) is 0 Å². The van der Waals surface area contributed by atoms with Crippen LogP contribution >= 0.6 is 0 Å². The third kappa shape index (κ3) is 5.12. The van der Waals surface area contributed by atoms with E-state index in [4.69, 9.17) is 0 Å². The second kappa shape index (κ2) is 11.2. The number of nitrogens with zero attached hydrogens (tertiary/aromatic N) is 4. The van der Waals surface area contributed by atoms with Crippen LogP contribution < -0.4 is 5.32 Å². The van der Waals surface area contributed by atoms with Crippen LogP contribution in [0.3, 0.4) is 0 Å². The summed E-state index contributed by atoms with van der Waals surface area (Å²) >= 11 is 0. The van der Waals surface area contributed by atoms with E-state index in [-0.39, 0.29) is 23.5 Å². The molecule has 2 aliphatic rings. The van der Waals surface area contributed by atoms with E-state index in [9.17, 15) is 13.6 Å². The van der Waals surface area contributed by atoms with E-state index in [0.717, 1.165) is 28.8 Å². The quantitative estimate of drug-likeness (QED) is 0.269. The predicted octanol–water partition coefficient (Wildman–Crippen LogP) is 7.32. The highest BCUT2D eigenvalue weighted by atomic mass is 19.1. The van der Waals surface area contributed by atoms with Gasteiger partial charge < -0.3 is 10.2 Å². The molecule has 6 rings (SSSR count). The second-order valence-electron chi connectivity index (χ2n) is 9.90. The second-order valence-corrected chi connectivity index (χ2v) is 9.90. The average Bonchev–Trinajstić information content (AvgIpc) is 3.70. The molecule has 1 amide bonds. The van der Waals surface area contributed by atoms with E-state index in [1.807, 2.05) is 48.5 Å². The van der Waals surface area contributed by atoms with Gasteiger partial charge in [0.05, 0.1) is 17.4 Å². The molecule has 0 aromatic heterocycles. The van der Waals surface area contributed by atoms with Gasteiger partial charge in [-0.05, 0) is 58.5 Å². The van der Waals surface area contributed by atoms with E-state index in [2.05, 4.69) is 20.8 Å². The van der Waals surface area contributed by atoms with Crippen molar-refractivity contribution in [2.75, 3.05) is 18.4 Å². The molecule has 4 aromatic rings. The zero-order valence-electron chi connectivity index (χ0n) is 21.7. The molecular formula is C32H27F2N5O. The van der Waals surface area contributed by atoms with Crippen molar-refractivity contribution < 1.29 is 13.6 Å². The van der Waals surface area contributed by atoms with Crippen LogP contribution in [0.2, 0.25) is 0 Å². The van der Waals surface area contributed by atoms with Gasteiger partial charge in [0.2, 0.25) is 5.91 Å². The Morgan fingerprint density at radius 3 is 2.15 bits per heavy atom. The minimum absolute atomic E-state index is 0.223. The molecule has 2 aliphatic heterocycles. The fourth-order valence-corrected chi connectivity index (χ4v) is 5.37. The smallest absolute Gasteiger partial charge is 0.250 e. The Balaban J connectivity index is 1.30. The number of para-hydroxylation sites is 1. The van der Waals surface area contributed by atoms with Crippen LogP contribution in [0.4, 0.5) is 14.5 Å². The Morgan fingerprint density at radius 1 is 0.825 bits per heavy atom. The van der Waals surface area contributed by atoms with Gasteiger partial charge in [-0.15, -0.1) is 5.10 Å². The van der Waals surface area contributed by atoms with Crippen LogP contribution in [0.1, 0.15) is 41.6 Å². The molecule has 200 valence electrons. The molecule has 4 aromatic carbocycles. The maximum atomic E-state index is 14.7. The lowest BCUT2D eigenvalue weighted by atomic mass is 9.97. The van der Waals surface area contributed by atoms with E-state index >= 15 is 0 Å². The number of nitrogens with one attached hydrogen (secondary N) is 1. The Labute approximate surface area is 231 Å². The highest BCUT2D eigenvalue weighted by Gasteiger charge is 2.36. The number of carbonyl (C=O) groups is 1. The van der Waals surface area contributed by atoms with Crippen molar-refractivity contribution in [3.8, 4) is 11.1 Å². The molecule has 0 bridgehead atoms. The Bertz CT molecular complexity index is 1580. The van der Waals surface area contributed by atoms with Crippen molar-refractivity contribution in [1.29, 1.82) is 0 Å². The van der Waals surface area contributed by atoms with Crippen LogP contribution in [0.25, 0.3) is 11.1 Å². The van der Waals surface area contributed by atoms with Crippen molar-refractivity contribution >= 4 is 17.3 Å². The monoisotopic (exact) mass is 535 g/mol. The van der Waals surface area contributed by atoms with E-state index in [1.54, 1.807) is 41.3 Å². The normalized spacial score (nSPS) is 17.1. The van der Waals surface area contributed by atoms with Gasteiger partial charge in [0.15, 0.2) is 0 Å². The van der Waals surface area contributed by atoms with Gasteiger partial charge >= 0.3 is 0 Å². The molecule has 1 saturated heterocycles. The maximum Gasteiger partial charge on any atom is 0.250 e. The first kappa shape index (κ1) is 25.6. The van der Waals surface area contributed by atoms with E-state index < -0.39 is 11.9 Å². The van der Waals surface area contributed by atoms with Crippen LogP contribution in [0, 0.1) is 11.6 Å². The summed E-state index contributed by atoms with van der Waals surface area (Å²) in [5.74, 6) is -0.999. The number of rotatable bonds is 7. The molecule has 0 radical (unpaired) electrons. The first-order valence-electron chi connectivity index (χ1n) is 13.3. The molecule has 1 unspecified atom stereocenters. The summed E-state index contributed by atoms with van der Waals surface area (Å²) in [6, 6.07) is 27.3. The standard InChI is InChI=1S/C32H27F2N5O/c33-26-7-2-1-6-25(26)30-10-5-19-39(30)32(40)31(36-28-9-4-3-8-27(28)34)24-17-13-22(14-18-24)21-11-15-23(16-12-21)29-20-35-38-37-29/h1-4,6-9,11-18,30-31,36H,5,10,19-20H2/t30-,31?/m0/s1. The maximum absolute atomic E-state index is 14.7. The van der Waals surface area contributed by atoms with Crippen molar-refractivity contribution in [2.45, 2.75) is 24.9 Å². The SMILES string of the molecule is O=C(C(Nc1ccccc1F)c1ccc(-c2ccc(C3=NN=NC3)cc2)cc1)N1CCC[C@H]1c1ccccc1F. The molecule has 2 atom stereocenters. The van der Waals surface area contributed by atoms with Crippen molar-refractivity contribution in [1.82, 2.24) is 4.90 Å². The molecular weight excluding hydrogens is 508 g/mol. The summed E-state index contributed by atoms with van der Waals surface area (Å²) in [6.45, 7) is 0.983. The van der Waals surface area contributed by atoms with Gasteiger partial charge in [-0.25, -0.2) is 8.78 Å². The van der Waals surface area contributed by atoms with Gasteiger partial charge in [0, 0.05) is 12.1 Å². The molecule has 1 N–H and O–H groups in total. The third-order valence-electron chi connectivity index (χ3n) is 7.47. The minimum atomic E-state index is -0.853. The third-order valence-corrected chi connectivity index (χ3v) is 7.47. The van der Waals surface area contributed by atoms with Crippen molar-refractivity contribution in [3.63, 3.8) is 0 Å². The summed E-state index contributed by atoms with van der Waals surface area (Å²) in [5.41, 5.74) is 5.21. The Morgan fingerprint density at radius 2 is 1.48 bits per heavy atom. The predicted molar refractivity (Wildman–Crippen MR) is 151 cm³/mol. The van der Waals surface area contributed by atoms with Crippen LogP contribution in [0.15, 0.2) is 113 Å². The van der Waals surface area contributed by atoms with E-state index in [0.29, 0.717) is 30.6 Å². The lowest BCUT2D eigenvalue weighted by molar-refractivity contribution is -0.133. The van der Waals surface area contributed by atoms with Crippen LogP contribution in [-0.2, 0) is 4.79 Å². The lowest BCUT2D eigenvalue weighted by Gasteiger charge is -2.30. The lowest BCUT2D eigenvalue weighted by Crippen LogP contribution is -2.38. The van der Waals surface area contributed by atoms with Gasteiger partial charge in [-0.3, -0.25) is 4.79 Å². The molecule has 40 heavy (non-hydrogen) atoms. The minimum Gasteiger partial charge on any atom is -0.368 e. The molecule has 0 spiro atoms. The summed E-state index contributed by atoms with van der Waals surface area (Å²) in [4.78, 5) is 15.8. The number of amides is 1. The Hall–Kier alpha value is -4.72. The molecule has 1 fully saturated rings. The number of carbonyl (C=O) groups excluding carboxylic acids is 1. The summed E-state index contributed by atoms with van der Waals surface area (Å²) in [7, 11) is 0. The number of benzene rings is 4. The summed E-state index contributed by atoms with van der Waals surface area (Å²) in [6.07, 6.45) is 1.43. The first-order chi connectivity index (χ1) is 19.6. The average molecular weight is 536 g/mol. The Kier molecular flexibility index (Phi) is 7.14. The summed E-state index contributed by atoms with van der Waals surface area (Å²) in [5, 5.41) is 14.8. The topological polar surface area (TPSA) is 69.4 Å². The highest BCUT2D eigenvalue weighted by molar-refractivity contribution is 6.02. The number of likely N-dealkylation sites (tertiary alicyclic amines) is 1. The van der Waals surface area contributed by atoms with Gasteiger partial charge in [0.25, 0.3) is 0 Å². The molecule has 2 heterocycles. The molecule has 8 heteroatoms.